The largest absolute Gasteiger partial charge is 0.475 e. The average Bonchev–Trinajstić information content (AvgIpc) is 2.88. The molecule has 2 N–H and O–H groups in total. The van der Waals surface area contributed by atoms with Gasteiger partial charge in [-0.1, -0.05) is 0 Å². The Labute approximate surface area is 97.9 Å². The number of nitrogens with zero attached hydrogens (tertiary/aromatic N) is 2. The van der Waals surface area contributed by atoms with E-state index in [1.807, 2.05) is 13.1 Å². The average molecular weight is 235 g/mol. The van der Waals surface area contributed by atoms with Crippen LogP contribution in [0.5, 0.6) is 0 Å². The third-order valence-electron chi connectivity index (χ3n) is 2.49. The molecular formula is C11H13N3O3. The van der Waals surface area contributed by atoms with Gasteiger partial charge in [0.1, 0.15) is 0 Å². The topological polar surface area (TPSA) is 80.3 Å². The van der Waals surface area contributed by atoms with Crippen LogP contribution < -0.4 is 5.32 Å². The van der Waals surface area contributed by atoms with Crippen LogP contribution in [0.25, 0.3) is 0 Å². The second-order valence-corrected chi connectivity index (χ2v) is 3.63. The van der Waals surface area contributed by atoms with Crippen molar-refractivity contribution in [2.75, 3.05) is 0 Å². The molecule has 2 heterocycles. The van der Waals surface area contributed by atoms with Crippen LogP contribution in [0.1, 0.15) is 21.8 Å². The van der Waals surface area contributed by atoms with Gasteiger partial charge in [-0.25, -0.2) is 4.79 Å². The number of furan rings is 1. The zero-order valence-corrected chi connectivity index (χ0v) is 9.38. The van der Waals surface area contributed by atoms with Gasteiger partial charge in [0.25, 0.3) is 0 Å². The molecule has 2 aromatic rings. The van der Waals surface area contributed by atoms with Crippen molar-refractivity contribution in [2.24, 2.45) is 7.05 Å². The first kappa shape index (κ1) is 11.4. The lowest BCUT2D eigenvalue weighted by molar-refractivity contribution is 0.0660. The smallest absolute Gasteiger partial charge is 0.372 e. The normalized spacial score (nSPS) is 10.6. The van der Waals surface area contributed by atoms with Crippen LogP contribution in [0, 0.1) is 0 Å². The fourth-order valence-corrected chi connectivity index (χ4v) is 1.56. The summed E-state index contributed by atoms with van der Waals surface area (Å²) in [4.78, 5) is 10.8. The Hall–Kier alpha value is -2.08. The van der Waals surface area contributed by atoms with Crippen LogP contribution in [0.2, 0.25) is 0 Å². The van der Waals surface area contributed by atoms with E-state index in [9.17, 15) is 4.79 Å². The highest BCUT2D eigenvalue weighted by molar-refractivity contribution is 5.86. The molecule has 0 amide bonds. The number of nitrogens with one attached hydrogen (secondary N) is 1. The quantitative estimate of drug-likeness (QED) is 0.808. The molecule has 0 bridgehead atoms. The van der Waals surface area contributed by atoms with E-state index in [-0.39, 0.29) is 5.76 Å². The van der Waals surface area contributed by atoms with Crippen LogP contribution in [-0.2, 0) is 20.1 Å². The maximum atomic E-state index is 10.8. The molecule has 90 valence electrons. The first-order valence-electron chi connectivity index (χ1n) is 5.15. The summed E-state index contributed by atoms with van der Waals surface area (Å²) in [7, 11) is 1.86. The maximum absolute atomic E-state index is 10.8. The minimum atomic E-state index is -1.05. The second kappa shape index (κ2) is 4.84. The molecule has 2 aromatic heterocycles. The van der Waals surface area contributed by atoms with Crippen molar-refractivity contribution in [3.63, 3.8) is 0 Å². The van der Waals surface area contributed by atoms with Crippen molar-refractivity contribution in [3.8, 4) is 0 Å². The van der Waals surface area contributed by atoms with Crippen molar-refractivity contribution in [2.45, 2.75) is 13.1 Å². The number of carboxylic acids is 1. The summed E-state index contributed by atoms with van der Waals surface area (Å²) < 4.78 is 6.64. The van der Waals surface area contributed by atoms with Crippen molar-refractivity contribution in [3.05, 3.63) is 41.6 Å². The van der Waals surface area contributed by atoms with E-state index >= 15 is 0 Å². The molecule has 6 nitrogen and oxygen atoms in total. The molecule has 0 aliphatic rings. The van der Waals surface area contributed by atoms with Gasteiger partial charge in [0.15, 0.2) is 0 Å². The zero-order chi connectivity index (χ0) is 12.3. The third kappa shape index (κ3) is 2.54. The molecule has 17 heavy (non-hydrogen) atoms. The monoisotopic (exact) mass is 235 g/mol. The predicted octanol–water partition coefficient (Wildman–Crippen LogP) is 1.00. The van der Waals surface area contributed by atoms with E-state index in [2.05, 4.69) is 10.4 Å². The maximum Gasteiger partial charge on any atom is 0.372 e. The SMILES string of the molecule is Cn1nccc1CNCc1ccoc1C(=O)O. The van der Waals surface area contributed by atoms with Crippen LogP contribution in [0.4, 0.5) is 0 Å². The summed E-state index contributed by atoms with van der Waals surface area (Å²) in [6, 6.07) is 3.56. The van der Waals surface area contributed by atoms with Crippen LogP contribution in [0.3, 0.4) is 0 Å². The second-order valence-electron chi connectivity index (χ2n) is 3.63. The molecule has 0 aliphatic carbocycles. The fraction of sp³-hybridized carbons (Fsp3) is 0.273. The molecule has 0 radical (unpaired) electrons. The number of carboxylic acid groups (broad SMARTS) is 1. The summed E-state index contributed by atoms with van der Waals surface area (Å²) in [6.45, 7) is 1.07. The van der Waals surface area contributed by atoms with Gasteiger partial charge >= 0.3 is 5.97 Å². The molecule has 0 fully saturated rings. The van der Waals surface area contributed by atoms with Gasteiger partial charge in [0.2, 0.25) is 5.76 Å². The lowest BCUT2D eigenvalue weighted by Gasteiger charge is -2.04. The number of rotatable bonds is 5. The molecular weight excluding hydrogens is 222 g/mol. The highest BCUT2D eigenvalue weighted by atomic mass is 16.4. The van der Waals surface area contributed by atoms with Gasteiger partial charge in [-0.05, 0) is 12.1 Å². The number of aryl methyl sites for hydroxylation is 1. The lowest BCUT2D eigenvalue weighted by atomic mass is 10.2. The van der Waals surface area contributed by atoms with Gasteiger partial charge in [0.05, 0.1) is 12.0 Å². The molecule has 0 saturated heterocycles. The molecule has 2 rings (SSSR count). The Balaban J connectivity index is 1.92. The predicted molar refractivity (Wildman–Crippen MR) is 59.4 cm³/mol. The van der Waals surface area contributed by atoms with Gasteiger partial charge in [0, 0.05) is 31.9 Å². The van der Waals surface area contributed by atoms with E-state index < -0.39 is 5.97 Å². The van der Waals surface area contributed by atoms with E-state index in [0.717, 1.165) is 5.69 Å². The fourth-order valence-electron chi connectivity index (χ4n) is 1.56. The minimum Gasteiger partial charge on any atom is -0.475 e. The Morgan fingerprint density at radius 3 is 3.00 bits per heavy atom. The lowest BCUT2D eigenvalue weighted by Crippen LogP contribution is -2.16. The van der Waals surface area contributed by atoms with E-state index in [4.69, 9.17) is 9.52 Å². The first-order chi connectivity index (χ1) is 8.18. The van der Waals surface area contributed by atoms with Crippen molar-refractivity contribution in [1.82, 2.24) is 15.1 Å². The highest BCUT2D eigenvalue weighted by Gasteiger charge is 2.13. The van der Waals surface area contributed by atoms with E-state index in [1.165, 1.54) is 6.26 Å². The third-order valence-corrected chi connectivity index (χ3v) is 2.49. The van der Waals surface area contributed by atoms with E-state index in [0.29, 0.717) is 18.7 Å². The molecule has 0 unspecified atom stereocenters. The van der Waals surface area contributed by atoms with Gasteiger partial charge in [-0.3, -0.25) is 4.68 Å². The summed E-state index contributed by atoms with van der Waals surface area (Å²) in [6.07, 6.45) is 3.10. The van der Waals surface area contributed by atoms with Crippen LogP contribution >= 0.6 is 0 Å². The van der Waals surface area contributed by atoms with Crippen molar-refractivity contribution >= 4 is 5.97 Å². The number of carbonyl (C=O) groups is 1. The number of hydrogen-bond donors (Lipinski definition) is 2. The summed E-state index contributed by atoms with van der Waals surface area (Å²) >= 11 is 0. The Bertz CT molecular complexity index is 516. The molecule has 0 aliphatic heterocycles. The molecule has 0 aromatic carbocycles. The Morgan fingerprint density at radius 2 is 2.35 bits per heavy atom. The summed E-state index contributed by atoms with van der Waals surface area (Å²) in [5.41, 5.74) is 1.67. The van der Waals surface area contributed by atoms with Crippen LogP contribution in [0.15, 0.2) is 29.0 Å². The van der Waals surface area contributed by atoms with Gasteiger partial charge in [-0.2, -0.15) is 5.10 Å². The van der Waals surface area contributed by atoms with Crippen LogP contribution in [-0.4, -0.2) is 20.9 Å². The Kier molecular flexibility index (Phi) is 3.24. The van der Waals surface area contributed by atoms with E-state index in [1.54, 1.807) is 16.9 Å². The molecule has 6 heteroatoms. The highest BCUT2D eigenvalue weighted by Crippen LogP contribution is 2.10. The van der Waals surface area contributed by atoms with Gasteiger partial charge < -0.3 is 14.8 Å². The van der Waals surface area contributed by atoms with Crippen molar-refractivity contribution < 1.29 is 14.3 Å². The van der Waals surface area contributed by atoms with Crippen molar-refractivity contribution in [1.29, 1.82) is 0 Å². The Morgan fingerprint density at radius 1 is 1.53 bits per heavy atom. The number of aromatic carboxylic acids is 1. The number of aromatic nitrogens is 2. The number of hydrogen-bond acceptors (Lipinski definition) is 4. The van der Waals surface area contributed by atoms with Gasteiger partial charge in [-0.15, -0.1) is 0 Å². The summed E-state index contributed by atoms with van der Waals surface area (Å²) in [5.74, 6) is -1.06. The zero-order valence-electron chi connectivity index (χ0n) is 9.38. The molecule has 0 spiro atoms. The standard InChI is InChI=1S/C11H13N3O3/c1-14-9(2-4-13-14)7-12-6-8-3-5-17-10(8)11(15)16/h2-5,12H,6-7H2,1H3,(H,15,16). The molecule has 0 saturated carbocycles. The minimum absolute atomic E-state index is 0.0116. The molecule has 0 atom stereocenters. The first-order valence-corrected chi connectivity index (χ1v) is 5.15. The summed E-state index contributed by atoms with van der Waals surface area (Å²) in [5, 5.41) is 16.0.